The first-order chi connectivity index (χ1) is 16.5. The van der Waals surface area contributed by atoms with Crippen molar-refractivity contribution in [1.29, 1.82) is 0 Å². The predicted octanol–water partition coefficient (Wildman–Crippen LogP) is 4.45. The molecule has 0 heterocycles. The molecule has 2 amide bonds. The Kier molecular flexibility index (Phi) is 10.6. The van der Waals surface area contributed by atoms with Crippen molar-refractivity contribution in [2.45, 2.75) is 59.5 Å². The van der Waals surface area contributed by atoms with Crippen molar-refractivity contribution in [2.24, 2.45) is 0 Å². The Balaban J connectivity index is 2.43. The van der Waals surface area contributed by atoms with E-state index < -0.39 is 28.5 Å². The molecule has 1 unspecified atom stereocenters. The number of hydrogen-bond donors (Lipinski definition) is 1. The fraction of sp³-hybridized carbons (Fsp3) is 0.462. The smallest absolute Gasteiger partial charge is 0.244 e. The first kappa shape index (κ1) is 28.7. The molecule has 192 valence electrons. The van der Waals surface area contributed by atoms with Crippen LogP contribution in [0.3, 0.4) is 0 Å². The van der Waals surface area contributed by atoms with Gasteiger partial charge < -0.3 is 10.2 Å². The molecular formula is C26H36ClN3O4S. The van der Waals surface area contributed by atoms with Gasteiger partial charge in [-0.1, -0.05) is 62.2 Å². The fourth-order valence-electron chi connectivity index (χ4n) is 3.75. The van der Waals surface area contributed by atoms with Crippen LogP contribution < -0.4 is 9.62 Å². The van der Waals surface area contributed by atoms with Crippen LogP contribution in [-0.2, 0) is 26.2 Å². The van der Waals surface area contributed by atoms with Gasteiger partial charge in [-0.15, -0.1) is 0 Å². The van der Waals surface area contributed by atoms with Crippen LogP contribution in [0.1, 0.15) is 49.8 Å². The lowest BCUT2D eigenvalue weighted by Gasteiger charge is -2.33. The number of benzene rings is 2. The SMILES string of the molecule is CCCCNC(=O)C(CC)N(Cc1ccccc1C)C(=O)CN(c1ccc(C)c(Cl)c1)S(C)(=O)=O. The van der Waals surface area contributed by atoms with E-state index in [9.17, 15) is 18.0 Å². The summed E-state index contributed by atoms with van der Waals surface area (Å²) >= 11 is 6.24. The van der Waals surface area contributed by atoms with Crippen molar-refractivity contribution in [3.8, 4) is 0 Å². The molecule has 7 nitrogen and oxygen atoms in total. The number of hydrogen-bond acceptors (Lipinski definition) is 4. The summed E-state index contributed by atoms with van der Waals surface area (Å²) in [5.41, 5.74) is 2.97. The average Bonchev–Trinajstić information content (AvgIpc) is 2.79. The van der Waals surface area contributed by atoms with E-state index >= 15 is 0 Å². The number of rotatable bonds is 12. The minimum Gasteiger partial charge on any atom is -0.354 e. The third-order valence-electron chi connectivity index (χ3n) is 5.94. The molecule has 0 aliphatic rings. The maximum atomic E-state index is 13.7. The lowest BCUT2D eigenvalue weighted by molar-refractivity contribution is -0.140. The monoisotopic (exact) mass is 521 g/mol. The van der Waals surface area contributed by atoms with E-state index in [4.69, 9.17) is 11.6 Å². The van der Waals surface area contributed by atoms with Gasteiger partial charge in [-0.05, 0) is 55.5 Å². The molecule has 0 saturated carbocycles. The number of carbonyl (C=O) groups excluding carboxylic acids is 2. The van der Waals surface area contributed by atoms with Crippen LogP contribution in [0.4, 0.5) is 5.69 Å². The molecule has 0 aliphatic heterocycles. The number of aryl methyl sites for hydroxylation is 2. The van der Waals surface area contributed by atoms with Gasteiger partial charge in [0, 0.05) is 18.1 Å². The summed E-state index contributed by atoms with van der Waals surface area (Å²) in [7, 11) is -3.80. The van der Waals surface area contributed by atoms with E-state index in [1.165, 1.54) is 11.0 Å². The van der Waals surface area contributed by atoms with E-state index in [-0.39, 0.29) is 12.5 Å². The van der Waals surface area contributed by atoms with Gasteiger partial charge in [-0.3, -0.25) is 13.9 Å². The average molecular weight is 522 g/mol. The van der Waals surface area contributed by atoms with E-state index in [1.807, 2.05) is 52.0 Å². The van der Waals surface area contributed by atoms with Crippen molar-refractivity contribution in [3.63, 3.8) is 0 Å². The number of sulfonamides is 1. The fourth-order valence-corrected chi connectivity index (χ4v) is 4.76. The highest BCUT2D eigenvalue weighted by Crippen LogP contribution is 2.25. The number of nitrogens with one attached hydrogen (secondary N) is 1. The second kappa shape index (κ2) is 12.9. The van der Waals surface area contributed by atoms with Crippen LogP contribution in [0.15, 0.2) is 42.5 Å². The van der Waals surface area contributed by atoms with E-state index in [0.717, 1.165) is 40.1 Å². The number of amides is 2. The zero-order valence-corrected chi connectivity index (χ0v) is 22.7. The summed E-state index contributed by atoms with van der Waals surface area (Å²) in [5.74, 6) is -0.708. The molecular weight excluding hydrogens is 486 g/mol. The van der Waals surface area contributed by atoms with Gasteiger partial charge in [0.2, 0.25) is 21.8 Å². The number of halogens is 1. The Bertz CT molecular complexity index is 1140. The molecule has 1 atom stereocenters. The Hall–Kier alpha value is -2.58. The second-order valence-corrected chi connectivity index (χ2v) is 11.0. The minimum absolute atomic E-state index is 0.192. The summed E-state index contributed by atoms with van der Waals surface area (Å²) in [6, 6.07) is 11.8. The maximum absolute atomic E-state index is 13.7. The molecule has 1 N–H and O–H groups in total. The number of anilines is 1. The van der Waals surface area contributed by atoms with Gasteiger partial charge in [0.15, 0.2) is 0 Å². The molecule has 35 heavy (non-hydrogen) atoms. The standard InChI is InChI=1S/C26H36ClN3O4S/c1-6-8-15-28-26(32)24(7-2)29(17-21-12-10-9-11-19(21)3)25(31)18-30(35(5,33)34)22-14-13-20(4)23(27)16-22/h9-14,16,24H,6-8,15,17-18H2,1-5H3,(H,28,32). The summed E-state index contributed by atoms with van der Waals surface area (Å²) in [5, 5.41) is 3.32. The van der Waals surface area contributed by atoms with E-state index in [1.54, 1.807) is 12.1 Å². The lowest BCUT2D eigenvalue weighted by atomic mass is 10.1. The van der Waals surface area contributed by atoms with Gasteiger partial charge >= 0.3 is 0 Å². The normalized spacial score (nSPS) is 12.2. The third-order valence-corrected chi connectivity index (χ3v) is 7.49. The number of nitrogens with zero attached hydrogens (tertiary/aromatic N) is 2. The van der Waals surface area contributed by atoms with E-state index in [0.29, 0.717) is 23.7 Å². The van der Waals surface area contributed by atoms with E-state index in [2.05, 4.69) is 5.32 Å². The Morgan fingerprint density at radius 2 is 1.74 bits per heavy atom. The largest absolute Gasteiger partial charge is 0.354 e. The van der Waals surface area contributed by atoms with Gasteiger partial charge in [-0.2, -0.15) is 0 Å². The van der Waals surface area contributed by atoms with Crippen LogP contribution in [0, 0.1) is 13.8 Å². The van der Waals surface area contributed by atoms with Gasteiger partial charge in [0.25, 0.3) is 0 Å². The zero-order valence-electron chi connectivity index (χ0n) is 21.2. The molecule has 0 aliphatic carbocycles. The van der Waals surface area contributed by atoms with Crippen LogP contribution in [0.2, 0.25) is 5.02 Å². The topological polar surface area (TPSA) is 86.8 Å². The Morgan fingerprint density at radius 3 is 2.31 bits per heavy atom. The van der Waals surface area contributed by atoms with Gasteiger partial charge in [-0.25, -0.2) is 8.42 Å². The maximum Gasteiger partial charge on any atom is 0.244 e. The van der Waals surface area contributed by atoms with Crippen molar-refractivity contribution in [3.05, 3.63) is 64.2 Å². The second-order valence-electron chi connectivity index (χ2n) is 8.72. The van der Waals surface area contributed by atoms with Crippen molar-refractivity contribution < 1.29 is 18.0 Å². The zero-order chi connectivity index (χ0) is 26.2. The minimum atomic E-state index is -3.80. The molecule has 0 radical (unpaired) electrons. The molecule has 2 aromatic rings. The highest BCUT2D eigenvalue weighted by molar-refractivity contribution is 7.92. The Labute approximate surface area is 214 Å². The van der Waals surface area contributed by atoms with Crippen LogP contribution in [-0.4, -0.2) is 50.5 Å². The molecule has 0 saturated heterocycles. The van der Waals surface area contributed by atoms with Gasteiger partial charge in [0.05, 0.1) is 11.9 Å². The summed E-state index contributed by atoms with van der Waals surface area (Å²) in [4.78, 5) is 28.2. The molecule has 0 spiro atoms. The lowest BCUT2D eigenvalue weighted by Crippen LogP contribution is -2.52. The predicted molar refractivity (Wildman–Crippen MR) is 142 cm³/mol. The van der Waals surface area contributed by atoms with Crippen molar-refractivity contribution in [1.82, 2.24) is 10.2 Å². The summed E-state index contributed by atoms with van der Waals surface area (Å²) in [6.45, 7) is 7.91. The van der Waals surface area contributed by atoms with Crippen LogP contribution in [0.25, 0.3) is 0 Å². The number of unbranched alkanes of at least 4 members (excludes halogenated alkanes) is 1. The van der Waals surface area contributed by atoms with Crippen LogP contribution >= 0.6 is 11.6 Å². The molecule has 0 fully saturated rings. The first-order valence-corrected chi connectivity index (χ1v) is 14.1. The van der Waals surface area contributed by atoms with Crippen molar-refractivity contribution >= 4 is 39.1 Å². The summed E-state index contributed by atoms with van der Waals surface area (Å²) in [6.07, 6.45) is 3.22. The molecule has 2 rings (SSSR count). The highest BCUT2D eigenvalue weighted by Gasteiger charge is 2.32. The molecule has 0 bridgehead atoms. The molecule has 2 aromatic carbocycles. The summed E-state index contributed by atoms with van der Waals surface area (Å²) < 4.78 is 26.4. The molecule has 9 heteroatoms. The highest BCUT2D eigenvalue weighted by atomic mass is 35.5. The van der Waals surface area contributed by atoms with Gasteiger partial charge in [0.1, 0.15) is 12.6 Å². The third kappa shape index (κ3) is 7.97. The van der Waals surface area contributed by atoms with Crippen LogP contribution in [0.5, 0.6) is 0 Å². The number of carbonyl (C=O) groups is 2. The van der Waals surface area contributed by atoms with Crippen molar-refractivity contribution in [2.75, 3.05) is 23.7 Å². The molecule has 0 aromatic heterocycles. The first-order valence-electron chi connectivity index (χ1n) is 11.8. The quantitative estimate of drug-likeness (QED) is 0.418. The Morgan fingerprint density at radius 1 is 1.06 bits per heavy atom.